The second-order valence-electron chi connectivity index (χ2n) is 8.14. The van der Waals surface area contributed by atoms with Gasteiger partial charge in [-0.25, -0.2) is 0 Å². The van der Waals surface area contributed by atoms with Gasteiger partial charge in [0, 0.05) is 18.3 Å². The van der Waals surface area contributed by atoms with E-state index in [0.29, 0.717) is 23.6 Å². The minimum Gasteiger partial charge on any atom is -0.416 e. The third kappa shape index (κ3) is 3.59. The lowest BCUT2D eigenvalue weighted by molar-refractivity contribution is -0.225. The van der Waals surface area contributed by atoms with Crippen molar-refractivity contribution in [3.63, 3.8) is 0 Å². The molecule has 0 aromatic heterocycles. The van der Waals surface area contributed by atoms with E-state index >= 15 is 0 Å². The zero-order valence-electron chi connectivity index (χ0n) is 17.7. The van der Waals surface area contributed by atoms with Crippen molar-refractivity contribution < 1.29 is 19.1 Å². The summed E-state index contributed by atoms with van der Waals surface area (Å²) >= 11 is 6.72. The van der Waals surface area contributed by atoms with Crippen molar-refractivity contribution >= 4 is 45.7 Å². The highest BCUT2D eigenvalue weighted by Gasteiger charge is 2.46. The third-order valence-corrected chi connectivity index (χ3v) is 6.40. The molecule has 0 atom stereocenters. The molecule has 1 fully saturated rings. The summed E-state index contributed by atoms with van der Waals surface area (Å²) in [6.45, 7) is 0.820. The number of rotatable bonds is 2. The number of halogens is 1. The Morgan fingerprint density at radius 3 is 2.41 bits per heavy atom. The Labute approximate surface area is 191 Å². The van der Waals surface area contributed by atoms with E-state index in [-0.39, 0.29) is 19.4 Å². The van der Waals surface area contributed by atoms with Crippen LogP contribution in [0.1, 0.15) is 24.0 Å². The fourth-order valence-electron chi connectivity index (χ4n) is 4.53. The maximum absolute atomic E-state index is 12.3. The lowest BCUT2D eigenvalue weighted by atomic mass is 9.95. The van der Waals surface area contributed by atoms with E-state index in [9.17, 15) is 9.59 Å². The summed E-state index contributed by atoms with van der Waals surface area (Å²) in [7, 11) is 1.96. The molecule has 0 bridgehead atoms. The van der Waals surface area contributed by atoms with Gasteiger partial charge in [-0.2, -0.15) is 0 Å². The normalized spacial score (nSPS) is 17.8. The number of hydrogen-bond acceptors (Lipinski definition) is 6. The average Bonchev–Trinajstić information content (AvgIpc) is 3.05. The summed E-state index contributed by atoms with van der Waals surface area (Å²) in [6.07, 6.45) is 0.653. The highest BCUT2D eigenvalue weighted by atomic mass is 35.5. The minimum atomic E-state index is -1.50. The number of nitrogens with one attached hydrogen (secondary N) is 1. The summed E-state index contributed by atoms with van der Waals surface area (Å²) in [6, 6.07) is 18.0. The number of carbonyl (C=O) groups is 2. The molecule has 3 aromatic carbocycles. The van der Waals surface area contributed by atoms with Crippen LogP contribution in [0.25, 0.3) is 10.8 Å². The Morgan fingerprint density at radius 2 is 1.66 bits per heavy atom. The average molecular weight is 451 g/mol. The molecule has 164 valence electrons. The number of anilines is 2. The van der Waals surface area contributed by atoms with Crippen molar-refractivity contribution in [2.45, 2.75) is 25.0 Å². The molecule has 1 saturated heterocycles. The van der Waals surface area contributed by atoms with Crippen LogP contribution in [0.15, 0.2) is 54.6 Å². The molecule has 2 aliphatic rings. The van der Waals surface area contributed by atoms with Crippen LogP contribution in [-0.4, -0.2) is 32.1 Å². The van der Waals surface area contributed by atoms with Crippen LogP contribution >= 0.6 is 11.6 Å². The summed E-state index contributed by atoms with van der Waals surface area (Å²) in [5.41, 5.74) is 3.32. The highest BCUT2D eigenvalue weighted by molar-refractivity contribution is 6.33. The molecule has 6 nitrogen and oxygen atoms in total. The lowest BCUT2D eigenvalue weighted by Gasteiger charge is -2.33. The number of carbonyl (C=O) groups excluding carboxylic acids is 2. The molecule has 5 rings (SSSR count). The van der Waals surface area contributed by atoms with E-state index in [1.165, 1.54) is 0 Å². The molecule has 2 aliphatic heterocycles. The van der Waals surface area contributed by atoms with Gasteiger partial charge < -0.3 is 19.7 Å². The quantitative estimate of drug-likeness (QED) is 0.582. The number of hydrogen-bond donors (Lipinski definition) is 1. The fourth-order valence-corrected chi connectivity index (χ4v) is 4.84. The van der Waals surface area contributed by atoms with Crippen LogP contribution in [0.4, 0.5) is 11.4 Å². The lowest BCUT2D eigenvalue weighted by Crippen LogP contribution is -2.43. The summed E-state index contributed by atoms with van der Waals surface area (Å²) in [5.74, 6) is -2.41. The zero-order chi connectivity index (χ0) is 22.3. The Hall–Kier alpha value is -3.09. The van der Waals surface area contributed by atoms with E-state index in [4.69, 9.17) is 21.1 Å². The van der Waals surface area contributed by atoms with E-state index in [0.717, 1.165) is 27.7 Å². The van der Waals surface area contributed by atoms with Crippen LogP contribution < -0.4 is 10.2 Å². The van der Waals surface area contributed by atoms with Crippen molar-refractivity contribution in [2.75, 3.05) is 25.0 Å². The molecule has 1 N–H and O–H groups in total. The first-order valence-electron chi connectivity index (χ1n) is 10.7. The van der Waals surface area contributed by atoms with E-state index in [1.807, 2.05) is 24.1 Å². The number of esters is 2. The molecule has 32 heavy (non-hydrogen) atoms. The predicted octanol–water partition coefficient (Wildman–Crippen LogP) is 4.44. The van der Waals surface area contributed by atoms with Crippen LogP contribution in [0, 0.1) is 0 Å². The highest BCUT2D eigenvalue weighted by Crippen LogP contribution is 2.43. The van der Waals surface area contributed by atoms with E-state index < -0.39 is 17.7 Å². The molecule has 0 radical (unpaired) electrons. The van der Waals surface area contributed by atoms with Crippen LogP contribution in [0.5, 0.6) is 0 Å². The van der Waals surface area contributed by atoms with Crippen molar-refractivity contribution in [3.05, 3.63) is 70.7 Å². The zero-order valence-corrected chi connectivity index (χ0v) is 18.4. The second-order valence-corrected chi connectivity index (χ2v) is 8.55. The number of fused-ring (bicyclic) bond motifs is 3. The number of nitrogens with zero attached hydrogens (tertiary/aromatic N) is 1. The molecular formula is C25H23ClN2O4. The maximum Gasteiger partial charge on any atom is 0.309 e. The van der Waals surface area contributed by atoms with Gasteiger partial charge in [0.15, 0.2) is 0 Å². The molecule has 0 amide bonds. The summed E-state index contributed by atoms with van der Waals surface area (Å²) < 4.78 is 11.5. The molecule has 3 aromatic rings. The van der Waals surface area contributed by atoms with E-state index in [2.05, 4.69) is 35.6 Å². The predicted molar refractivity (Wildman–Crippen MR) is 123 cm³/mol. The first-order chi connectivity index (χ1) is 15.5. The van der Waals surface area contributed by atoms with Crippen molar-refractivity contribution in [2.24, 2.45) is 0 Å². The largest absolute Gasteiger partial charge is 0.416 e. The molecular weight excluding hydrogens is 428 g/mol. The Morgan fingerprint density at radius 1 is 0.938 bits per heavy atom. The van der Waals surface area contributed by atoms with Crippen LogP contribution in [-0.2, 0) is 31.3 Å². The molecule has 1 spiro atoms. The smallest absolute Gasteiger partial charge is 0.309 e. The molecule has 0 saturated carbocycles. The topological polar surface area (TPSA) is 67.9 Å². The SMILES string of the molecule is CN(c1ccc2ccccc2c1)c1c(Cl)ccc2c1CCNCC21OC(=O)CCC(=O)O1. The minimum absolute atomic E-state index is 0.00730. The molecule has 0 aliphatic carbocycles. The van der Waals surface area contributed by atoms with Crippen molar-refractivity contribution in [1.82, 2.24) is 5.32 Å². The van der Waals surface area contributed by atoms with E-state index in [1.54, 1.807) is 12.1 Å². The van der Waals surface area contributed by atoms with Crippen LogP contribution in [0.2, 0.25) is 5.02 Å². The van der Waals surface area contributed by atoms with Gasteiger partial charge in [0.25, 0.3) is 5.79 Å². The van der Waals surface area contributed by atoms with Crippen molar-refractivity contribution in [1.29, 1.82) is 0 Å². The van der Waals surface area contributed by atoms with Gasteiger partial charge in [-0.05, 0) is 53.6 Å². The Balaban J connectivity index is 1.65. The van der Waals surface area contributed by atoms with Gasteiger partial charge >= 0.3 is 11.9 Å². The standard InChI is InChI=1S/C25H23ClN2O4/c1-28(18-7-6-16-4-2-3-5-17(16)14-18)24-19-12-13-27-15-25(20(19)8-9-21(24)26)31-22(29)10-11-23(30)32-25/h2-9,14,27H,10-13,15H2,1H3. The number of benzene rings is 3. The second kappa shape index (κ2) is 8.11. The Bertz CT molecular complexity index is 1210. The molecule has 0 unspecified atom stereocenters. The van der Waals surface area contributed by atoms with Gasteiger partial charge in [0.05, 0.1) is 30.1 Å². The summed E-state index contributed by atoms with van der Waals surface area (Å²) in [5, 5.41) is 6.11. The molecule has 7 heteroatoms. The fraction of sp³-hybridized carbons (Fsp3) is 0.280. The summed E-state index contributed by atoms with van der Waals surface area (Å²) in [4.78, 5) is 26.7. The van der Waals surface area contributed by atoms with Gasteiger partial charge in [0.2, 0.25) is 0 Å². The van der Waals surface area contributed by atoms with Gasteiger partial charge in [0.1, 0.15) is 0 Å². The monoisotopic (exact) mass is 450 g/mol. The maximum atomic E-state index is 12.3. The van der Waals surface area contributed by atoms with Gasteiger partial charge in [-0.15, -0.1) is 0 Å². The molecule has 2 heterocycles. The first-order valence-corrected chi connectivity index (χ1v) is 11.0. The van der Waals surface area contributed by atoms with Gasteiger partial charge in [-0.3, -0.25) is 9.59 Å². The number of ether oxygens (including phenoxy) is 2. The van der Waals surface area contributed by atoms with Gasteiger partial charge in [-0.1, -0.05) is 41.9 Å². The Kier molecular flexibility index (Phi) is 5.27. The first kappa shape index (κ1) is 20.8. The van der Waals surface area contributed by atoms with Crippen molar-refractivity contribution in [3.8, 4) is 0 Å². The third-order valence-electron chi connectivity index (χ3n) is 6.10. The van der Waals surface area contributed by atoms with Crippen LogP contribution in [0.3, 0.4) is 0 Å².